The number of anilines is 2. The summed E-state index contributed by atoms with van der Waals surface area (Å²) >= 11 is 1.22. The fourth-order valence-corrected chi connectivity index (χ4v) is 5.51. The summed E-state index contributed by atoms with van der Waals surface area (Å²) < 4.78 is 27.7. The molecule has 0 saturated carbocycles. The number of hydrogen-bond acceptors (Lipinski definition) is 6. The van der Waals surface area contributed by atoms with Gasteiger partial charge in [-0.05, 0) is 54.8 Å². The average molecular weight is 510 g/mol. The Bertz CT molecular complexity index is 1330. The smallest absolute Gasteiger partial charge is 0.271 e. The lowest BCUT2D eigenvalue weighted by Crippen LogP contribution is -2.35. The van der Waals surface area contributed by atoms with E-state index in [1.807, 2.05) is 0 Å². The molecule has 1 heterocycles. The number of unbranched alkanes of at least 4 members (excludes halogenated alkanes) is 2. The number of aromatic nitrogens is 1. The summed E-state index contributed by atoms with van der Waals surface area (Å²) in [6.07, 6.45) is 6.23. The van der Waals surface area contributed by atoms with Gasteiger partial charge in [-0.3, -0.25) is 14.9 Å². The Balaban J connectivity index is 1.94. The molecule has 1 aromatic heterocycles. The van der Waals surface area contributed by atoms with Crippen LogP contribution in [0.15, 0.2) is 84.1 Å². The second kappa shape index (κ2) is 11.7. The molecule has 1 N–H and O–H groups in total. The van der Waals surface area contributed by atoms with Crippen LogP contribution in [0, 0.1) is 0 Å². The van der Waals surface area contributed by atoms with E-state index in [1.54, 1.807) is 35.7 Å². The number of benzene rings is 2. The van der Waals surface area contributed by atoms with Crippen molar-refractivity contribution in [1.29, 1.82) is 0 Å². The van der Waals surface area contributed by atoms with Gasteiger partial charge in [-0.25, -0.2) is 13.4 Å². The molecule has 3 rings (SSSR count). The van der Waals surface area contributed by atoms with Crippen LogP contribution in [-0.2, 0) is 26.0 Å². The average Bonchev–Trinajstić information content (AvgIpc) is 3.33. The minimum Gasteiger partial charge on any atom is -0.298 e. The summed E-state index contributed by atoms with van der Waals surface area (Å²) in [6.45, 7) is 9.01. The SMILES string of the molecule is C=CC(=O)Nc1nc(-c2cccc(N(C(=O)C=C)S(=O)(=O)c3ccc(CCCCC)cc3)c2)cs1. The standard InChI is InChI=1S/C26H27N3O4S2/c1-4-7-8-10-19-13-15-22(16-14-19)35(32,33)29(25(31)6-3)21-12-9-11-20(17-21)23-18-34-26(27-23)28-24(30)5-2/h5-6,9,11-18H,2-4,7-8,10H2,1H3,(H,27,28,30). The summed E-state index contributed by atoms with van der Waals surface area (Å²) in [5.41, 5.74) is 2.31. The molecule has 0 aliphatic heterocycles. The second-order valence-electron chi connectivity index (χ2n) is 7.69. The quantitative estimate of drug-likeness (QED) is 0.269. The van der Waals surface area contributed by atoms with Gasteiger partial charge in [-0.1, -0.05) is 57.2 Å². The van der Waals surface area contributed by atoms with Crippen molar-refractivity contribution in [2.45, 2.75) is 37.5 Å². The third kappa shape index (κ3) is 6.32. The van der Waals surface area contributed by atoms with Crippen LogP contribution >= 0.6 is 11.3 Å². The zero-order chi connectivity index (χ0) is 25.4. The molecule has 3 aromatic rings. The van der Waals surface area contributed by atoms with Gasteiger partial charge < -0.3 is 0 Å². The van der Waals surface area contributed by atoms with Gasteiger partial charge in [0.1, 0.15) is 0 Å². The summed E-state index contributed by atoms with van der Waals surface area (Å²) in [4.78, 5) is 28.6. The maximum Gasteiger partial charge on any atom is 0.271 e. The number of rotatable bonds is 11. The van der Waals surface area contributed by atoms with Gasteiger partial charge in [0.25, 0.3) is 15.9 Å². The summed E-state index contributed by atoms with van der Waals surface area (Å²) in [5.74, 6) is -1.16. The molecule has 0 unspecified atom stereocenters. The van der Waals surface area contributed by atoms with Crippen LogP contribution in [-0.4, -0.2) is 25.2 Å². The Labute approximate surface area is 209 Å². The van der Waals surface area contributed by atoms with Gasteiger partial charge in [0.2, 0.25) is 5.91 Å². The van der Waals surface area contributed by atoms with Crippen LogP contribution in [0.25, 0.3) is 11.3 Å². The highest BCUT2D eigenvalue weighted by Gasteiger charge is 2.30. The van der Waals surface area contributed by atoms with Crippen molar-refractivity contribution in [3.05, 3.63) is 84.8 Å². The first-order valence-corrected chi connectivity index (χ1v) is 13.4. The molecular weight excluding hydrogens is 482 g/mol. The predicted octanol–water partition coefficient (Wildman–Crippen LogP) is 5.58. The fourth-order valence-electron chi connectivity index (χ4n) is 3.39. The molecule has 0 radical (unpaired) electrons. The van der Waals surface area contributed by atoms with E-state index in [-0.39, 0.29) is 16.5 Å². The third-order valence-electron chi connectivity index (χ3n) is 5.20. The maximum atomic E-state index is 13.5. The summed E-state index contributed by atoms with van der Waals surface area (Å²) in [7, 11) is -4.19. The van der Waals surface area contributed by atoms with E-state index in [0.717, 1.165) is 47.7 Å². The van der Waals surface area contributed by atoms with E-state index in [4.69, 9.17) is 0 Å². The molecule has 0 spiro atoms. The van der Waals surface area contributed by atoms with Gasteiger partial charge in [-0.15, -0.1) is 11.3 Å². The molecule has 0 saturated heterocycles. The van der Waals surface area contributed by atoms with Crippen LogP contribution < -0.4 is 9.62 Å². The van der Waals surface area contributed by atoms with Crippen LogP contribution in [0.3, 0.4) is 0 Å². The van der Waals surface area contributed by atoms with Gasteiger partial charge in [0.05, 0.1) is 16.3 Å². The van der Waals surface area contributed by atoms with Gasteiger partial charge in [0, 0.05) is 10.9 Å². The van der Waals surface area contributed by atoms with E-state index in [1.165, 1.54) is 29.5 Å². The number of amides is 2. The fraction of sp³-hybridized carbons (Fsp3) is 0.192. The molecule has 2 aromatic carbocycles. The number of carbonyl (C=O) groups excluding carboxylic acids is 2. The Hall–Kier alpha value is -3.56. The largest absolute Gasteiger partial charge is 0.298 e. The molecule has 35 heavy (non-hydrogen) atoms. The monoisotopic (exact) mass is 509 g/mol. The molecule has 0 aliphatic rings. The molecule has 2 amide bonds. The van der Waals surface area contributed by atoms with Crippen molar-refractivity contribution in [3.8, 4) is 11.3 Å². The number of thiazole rings is 1. The first-order valence-electron chi connectivity index (χ1n) is 11.1. The molecule has 182 valence electrons. The van der Waals surface area contributed by atoms with E-state index >= 15 is 0 Å². The molecule has 0 bridgehead atoms. The highest BCUT2D eigenvalue weighted by Crippen LogP contribution is 2.31. The van der Waals surface area contributed by atoms with Crippen LogP contribution in [0.1, 0.15) is 31.7 Å². The van der Waals surface area contributed by atoms with E-state index < -0.39 is 15.9 Å². The Morgan fingerprint density at radius 2 is 1.83 bits per heavy atom. The number of nitrogens with zero attached hydrogens (tertiary/aromatic N) is 2. The van der Waals surface area contributed by atoms with Crippen LogP contribution in [0.5, 0.6) is 0 Å². The first-order chi connectivity index (χ1) is 16.8. The van der Waals surface area contributed by atoms with Crippen molar-refractivity contribution in [2.75, 3.05) is 9.62 Å². The van der Waals surface area contributed by atoms with E-state index in [9.17, 15) is 18.0 Å². The number of hydrogen-bond donors (Lipinski definition) is 1. The molecule has 0 aliphatic carbocycles. The van der Waals surface area contributed by atoms with Crippen molar-refractivity contribution in [2.24, 2.45) is 0 Å². The highest BCUT2D eigenvalue weighted by atomic mass is 32.2. The number of nitrogens with one attached hydrogen (secondary N) is 1. The number of carbonyl (C=O) groups is 2. The van der Waals surface area contributed by atoms with Gasteiger partial charge in [0.15, 0.2) is 5.13 Å². The lowest BCUT2D eigenvalue weighted by Gasteiger charge is -2.22. The molecule has 0 atom stereocenters. The van der Waals surface area contributed by atoms with Gasteiger partial charge in [-0.2, -0.15) is 4.31 Å². The minimum absolute atomic E-state index is 0.0143. The van der Waals surface area contributed by atoms with Crippen molar-refractivity contribution < 1.29 is 18.0 Å². The molecular formula is C26H27N3O4S2. The topological polar surface area (TPSA) is 96.4 Å². The second-order valence-corrected chi connectivity index (χ2v) is 10.3. The number of aryl methyl sites for hydroxylation is 1. The molecule has 9 heteroatoms. The zero-order valence-corrected chi connectivity index (χ0v) is 21.1. The summed E-state index contributed by atoms with van der Waals surface area (Å²) in [6, 6.07) is 13.1. The van der Waals surface area contributed by atoms with Gasteiger partial charge >= 0.3 is 0 Å². The zero-order valence-electron chi connectivity index (χ0n) is 19.4. The van der Waals surface area contributed by atoms with Crippen molar-refractivity contribution in [3.63, 3.8) is 0 Å². The van der Waals surface area contributed by atoms with Crippen LogP contribution in [0.4, 0.5) is 10.8 Å². The molecule has 0 fully saturated rings. The lowest BCUT2D eigenvalue weighted by atomic mass is 10.1. The number of sulfonamides is 1. The van der Waals surface area contributed by atoms with E-state index in [2.05, 4.69) is 30.4 Å². The Kier molecular flexibility index (Phi) is 8.73. The Morgan fingerprint density at radius 1 is 1.09 bits per heavy atom. The Morgan fingerprint density at radius 3 is 2.49 bits per heavy atom. The summed E-state index contributed by atoms with van der Waals surface area (Å²) in [5, 5.41) is 4.69. The highest BCUT2D eigenvalue weighted by molar-refractivity contribution is 7.93. The third-order valence-corrected chi connectivity index (χ3v) is 7.70. The lowest BCUT2D eigenvalue weighted by molar-refractivity contribution is -0.113. The van der Waals surface area contributed by atoms with E-state index in [0.29, 0.717) is 16.4 Å². The van der Waals surface area contributed by atoms with Crippen molar-refractivity contribution in [1.82, 2.24) is 4.98 Å². The normalized spacial score (nSPS) is 11.0. The predicted molar refractivity (Wildman–Crippen MR) is 141 cm³/mol. The van der Waals surface area contributed by atoms with Crippen molar-refractivity contribution >= 4 is 44.0 Å². The molecule has 7 nitrogen and oxygen atoms in total. The maximum absolute atomic E-state index is 13.5. The first kappa shape index (κ1) is 26.1. The van der Waals surface area contributed by atoms with Crippen LogP contribution in [0.2, 0.25) is 0 Å². The minimum atomic E-state index is -4.19.